The van der Waals surface area contributed by atoms with E-state index in [-0.39, 0.29) is 10.8 Å². The summed E-state index contributed by atoms with van der Waals surface area (Å²) in [6, 6.07) is 8.26. The number of para-hydroxylation sites is 1. The molecule has 2 fully saturated rings. The normalized spacial score (nSPS) is 30.5. The van der Waals surface area contributed by atoms with Gasteiger partial charge in [-0.2, -0.15) is 0 Å². The number of thiocarbonyl (C=S) groups is 1. The third-order valence-corrected chi connectivity index (χ3v) is 6.85. The molecule has 2 aliphatic rings. The van der Waals surface area contributed by atoms with Crippen molar-refractivity contribution in [1.29, 1.82) is 0 Å². The standard InChI is InChI=1S/C21H26OS/c1-5-6-13-22-18-10-8-7-9-15(18)14-16-17-11-12-21(4,19(16)23)20(17,2)3/h5-10,14,17H,11-13H2,1-4H3/b6-5+,16-14+. The molecule has 1 aromatic rings. The molecule has 2 unspecified atom stereocenters. The highest BCUT2D eigenvalue weighted by molar-refractivity contribution is 7.81. The summed E-state index contributed by atoms with van der Waals surface area (Å²) in [5.74, 6) is 1.51. The summed E-state index contributed by atoms with van der Waals surface area (Å²) < 4.78 is 5.91. The average molecular weight is 327 g/mol. The fraction of sp³-hybridized carbons (Fsp3) is 0.476. The first-order chi connectivity index (χ1) is 10.9. The predicted octanol–water partition coefficient (Wildman–Crippen LogP) is 5.85. The molecule has 2 heteroatoms. The summed E-state index contributed by atoms with van der Waals surface area (Å²) in [5.41, 5.74) is 2.93. The van der Waals surface area contributed by atoms with Crippen LogP contribution in [0.25, 0.3) is 6.08 Å². The summed E-state index contributed by atoms with van der Waals surface area (Å²) in [4.78, 5) is 1.17. The van der Waals surface area contributed by atoms with Crippen LogP contribution in [-0.4, -0.2) is 11.5 Å². The highest BCUT2D eigenvalue weighted by Gasteiger charge is 2.61. The van der Waals surface area contributed by atoms with Gasteiger partial charge in [0.05, 0.1) is 0 Å². The SMILES string of the molecule is C/C=C/COc1ccccc1/C=C1/C(=S)C2(C)CCC1C2(C)C. The molecule has 0 spiro atoms. The Bertz CT molecular complexity index is 683. The number of hydrogen-bond acceptors (Lipinski definition) is 2. The van der Waals surface area contributed by atoms with E-state index < -0.39 is 0 Å². The lowest BCUT2D eigenvalue weighted by Gasteiger charge is -2.33. The molecule has 2 bridgehead atoms. The molecular weight excluding hydrogens is 300 g/mol. The van der Waals surface area contributed by atoms with Gasteiger partial charge in [0.2, 0.25) is 0 Å². The second kappa shape index (κ2) is 5.90. The number of benzene rings is 1. The molecule has 0 aromatic heterocycles. The Kier molecular flexibility index (Phi) is 4.22. The zero-order valence-electron chi connectivity index (χ0n) is 14.6. The molecule has 3 rings (SSSR count). The van der Waals surface area contributed by atoms with Crippen LogP contribution >= 0.6 is 12.2 Å². The predicted molar refractivity (Wildman–Crippen MR) is 102 cm³/mol. The zero-order chi connectivity index (χ0) is 16.7. The van der Waals surface area contributed by atoms with Crippen molar-refractivity contribution in [3.05, 3.63) is 47.6 Å². The van der Waals surface area contributed by atoms with Crippen LogP contribution in [0.2, 0.25) is 0 Å². The first-order valence-electron chi connectivity index (χ1n) is 8.51. The van der Waals surface area contributed by atoms with Gasteiger partial charge in [-0.25, -0.2) is 0 Å². The summed E-state index contributed by atoms with van der Waals surface area (Å²) in [5, 5.41) is 0. The van der Waals surface area contributed by atoms with E-state index in [0.717, 1.165) is 11.3 Å². The Morgan fingerprint density at radius 1 is 1.26 bits per heavy atom. The Balaban J connectivity index is 1.96. The van der Waals surface area contributed by atoms with Crippen molar-refractivity contribution in [2.45, 2.75) is 40.5 Å². The monoisotopic (exact) mass is 326 g/mol. The second-order valence-electron chi connectivity index (χ2n) is 7.49. The molecule has 0 aliphatic heterocycles. The van der Waals surface area contributed by atoms with Crippen LogP contribution in [0.15, 0.2) is 42.0 Å². The third-order valence-electron chi connectivity index (χ3n) is 6.17. The maximum Gasteiger partial charge on any atom is 0.127 e. The first kappa shape index (κ1) is 16.4. The van der Waals surface area contributed by atoms with Gasteiger partial charge in [0.15, 0.2) is 0 Å². The molecule has 0 amide bonds. The van der Waals surface area contributed by atoms with Gasteiger partial charge < -0.3 is 4.74 Å². The van der Waals surface area contributed by atoms with E-state index >= 15 is 0 Å². The van der Waals surface area contributed by atoms with Crippen molar-refractivity contribution in [3.63, 3.8) is 0 Å². The van der Waals surface area contributed by atoms with Gasteiger partial charge in [-0.1, -0.05) is 63.3 Å². The molecular formula is C21H26OS. The average Bonchev–Trinajstić information content (AvgIpc) is 2.83. The Morgan fingerprint density at radius 3 is 2.65 bits per heavy atom. The largest absolute Gasteiger partial charge is 0.489 e. The molecule has 0 radical (unpaired) electrons. The molecule has 2 saturated carbocycles. The molecule has 23 heavy (non-hydrogen) atoms. The van der Waals surface area contributed by atoms with Gasteiger partial charge in [-0.15, -0.1) is 0 Å². The van der Waals surface area contributed by atoms with Gasteiger partial charge in [0.1, 0.15) is 12.4 Å². The van der Waals surface area contributed by atoms with E-state index in [1.54, 1.807) is 0 Å². The Hall–Kier alpha value is -1.41. The van der Waals surface area contributed by atoms with Crippen LogP contribution in [-0.2, 0) is 0 Å². The van der Waals surface area contributed by atoms with E-state index in [9.17, 15) is 0 Å². The Morgan fingerprint density at radius 2 is 2.00 bits per heavy atom. The summed E-state index contributed by atoms with van der Waals surface area (Å²) in [6.07, 6.45) is 8.78. The molecule has 1 nitrogen and oxygen atoms in total. The van der Waals surface area contributed by atoms with E-state index in [0.29, 0.717) is 12.5 Å². The number of fused-ring (bicyclic) bond motifs is 2. The molecule has 2 aliphatic carbocycles. The highest BCUT2D eigenvalue weighted by atomic mass is 32.1. The third kappa shape index (κ3) is 2.48. The fourth-order valence-electron chi connectivity index (χ4n) is 4.23. The Labute approximate surface area is 145 Å². The highest BCUT2D eigenvalue weighted by Crippen LogP contribution is 2.66. The van der Waals surface area contributed by atoms with Crippen molar-refractivity contribution in [1.82, 2.24) is 0 Å². The summed E-state index contributed by atoms with van der Waals surface area (Å²) in [7, 11) is 0. The number of rotatable bonds is 4. The lowest BCUT2D eigenvalue weighted by molar-refractivity contribution is 0.204. The molecule has 2 atom stereocenters. The van der Waals surface area contributed by atoms with E-state index in [4.69, 9.17) is 17.0 Å². The van der Waals surface area contributed by atoms with Gasteiger partial charge in [-0.05, 0) is 48.8 Å². The van der Waals surface area contributed by atoms with Crippen molar-refractivity contribution in [2.24, 2.45) is 16.7 Å². The van der Waals surface area contributed by atoms with Crippen LogP contribution < -0.4 is 4.74 Å². The van der Waals surface area contributed by atoms with Crippen molar-refractivity contribution in [3.8, 4) is 5.75 Å². The van der Waals surface area contributed by atoms with Gasteiger partial charge >= 0.3 is 0 Å². The van der Waals surface area contributed by atoms with Crippen LogP contribution in [0.4, 0.5) is 0 Å². The lowest BCUT2D eigenvalue weighted by Crippen LogP contribution is -2.31. The van der Waals surface area contributed by atoms with Crippen LogP contribution in [0.3, 0.4) is 0 Å². The summed E-state index contributed by atoms with van der Waals surface area (Å²) >= 11 is 5.88. The van der Waals surface area contributed by atoms with Crippen molar-refractivity contribution >= 4 is 23.2 Å². The number of hydrogen-bond donors (Lipinski definition) is 0. The molecule has 0 saturated heterocycles. The van der Waals surface area contributed by atoms with E-state index in [1.807, 2.05) is 31.2 Å². The molecule has 0 heterocycles. The fourth-order valence-corrected chi connectivity index (χ4v) is 4.79. The maximum absolute atomic E-state index is 5.91. The summed E-state index contributed by atoms with van der Waals surface area (Å²) in [6.45, 7) is 9.73. The van der Waals surface area contributed by atoms with Crippen molar-refractivity contribution < 1.29 is 4.74 Å². The van der Waals surface area contributed by atoms with Gasteiger partial charge in [0, 0.05) is 15.8 Å². The van der Waals surface area contributed by atoms with Crippen LogP contribution in [0.1, 0.15) is 46.1 Å². The van der Waals surface area contributed by atoms with Gasteiger partial charge in [0.25, 0.3) is 0 Å². The van der Waals surface area contributed by atoms with E-state index in [2.05, 4.69) is 39.0 Å². The minimum Gasteiger partial charge on any atom is -0.489 e. The topological polar surface area (TPSA) is 9.23 Å². The number of ether oxygens (including phenoxy) is 1. The van der Waals surface area contributed by atoms with Crippen LogP contribution in [0, 0.1) is 16.7 Å². The minimum atomic E-state index is 0.166. The van der Waals surface area contributed by atoms with E-state index in [1.165, 1.54) is 23.3 Å². The lowest BCUT2D eigenvalue weighted by atomic mass is 9.71. The van der Waals surface area contributed by atoms with Crippen molar-refractivity contribution in [2.75, 3.05) is 6.61 Å². The molecule has 1 aromatic carbocycles. The van der Waals surface area contributed by atoms with Gasteiger partial charge in [-0.3, -0.25) is 0 Å². The minimum absolute atomic E-state index is 0.166. The maximum atomic E-state index is 5.91. The van der Waals surface area contributed by atoms with Crippen LogP contribution in [0.5, 0.6) is 5.75 Å². The molecule has 122 valence electrons. The zero-order valence-corrected chi connectivity index (χ0v) is 15.4. The quantitative estimate of drug-likeness (QED) is 0.390. The first-order valence-corrected chi connectivity index (χ1v) is 8.92. The number of allylic oxidation sites excluding steroid dienone is 2. The smallest absolute Gasteiger partial charge is 0.127 e. The second-order valence-corrected chi connectivity index (χ2v) is 7.90. The molecule has 0 N–H and O–H groups in total.